The first kappa shape index (κ1) is 20.0. The number of benzene rings is 1. The van der Waals surface area contributed by atoms with Crippen LogP contribution in [0.25, 0.3) is 0 Å². The normalized spacial score (nSPS) is 18.6. The quantitative estimate of drug-likeness (QED) is 0.578. The maximum absolute atomic E-state index is 12.4. The molecule has 2 aromatic rings. The van der Waals surface area contributed by atoms with Gasteiger partial charge in [-0.2, -0.15) is 5.10 Å². The highest BCUT2D eigenvalue weighted by Gasteiger charge is 2.28. The number of aromatic amines is 1. The van der Waals surface area contributed by atoms with Gasteiger partial charge in [0.15, 0.2) is 0 Å². The molecule has 1 aromatic carbocycles. The van der Waals surface area contributed by atoms with Crippen molar-refractivity contribution < 1.29 is 14.8 Å². The number of rotatable bonds is 6. The predicted molar refractivity (Wildman–Crippen MR) is 103 cm³/mol. The topological polar surface area (TPSA) is 116 Å². The summed E-state index contributed by atoms with van der Waals surface area (Å²) in [7, 11) is 3.42. The van der Waals surface area contributed by atoms with Crippen molar-refractivity contribution in [2.75, 3.05) is 33.7 Å². The number of non-ortho nitro benzene ring substituents is 1. The van der Waals surface area contributed by atoms with Gasteiger partial charge in [0, 0.05) is 45.2 Å². The molecule has 2 atom stereocenters. The SMILES string of the molecule is CN(C)C(=O)c1cn[nH]c1[C@@H]1CCCN(C[C@@H](O)c2cccc([N+](=O)[O-])c2)C1. The summed E-state index contributed by atoms with van der Waals surface area (Å²) in [5.74, 6) is 0.0324. The molecule has 0 radical (unpaired) electrons. The van der Waals surface area contributed by atoms with Gasteiger partial charge < -0.3 is 10.0 Å². The van der Waals surface area contributed by atoms with Crippen LogP contribution in [0.2, 0.25) is 0 Å². The van der Waals surface area contributed by atoms with E-state index >= 15 is 0 Å². The summed E-state index contributed by atoms with van der Waals surface area (Å²) < 4.78 is 0. The van der Waals surface area contributed by atoms with E-state index in [4.69, 9.17) is 0 Å². The molecule has 9 nitrogen and oxygen atoms in total. The molecule has 0 spiro atoms. The molecule has 2 heterocycles. The fourth-order valence-corrected chi connectivity index (χ4v) is 3.67. The Bertz CT molecular complexity index is 850. The number of piperidine rings is 1. The highest BCUT2D eigenvalue weighted by atomic mass is 16.6. The Morgan fingerprint density at radius 3 is 3.00 bits per heavy atom. The Hall–Kier alpha value is -2.78. The van der Waals surface area contributed by atoms with E-state index in [2.05, 4.69) is 15.1 Å². The van der Waals surface area contributed by atoms with Gasteiger partial charge in [0.05, 0.1) is 28.5 Å². The first-order chi connectivity index (χ1) is 13.4. The summed E-state index contributed by atoms with van der Waals surface area (Å²) in [5.41, 5.74) is 1.91. The molecule has 9 heteroatoms. The van der Waals surface area contributed by atoms with Crippen LogP contribution in [0, 0.1) is 10.1 Å². The fraction of sp³-hybridized carbons (Fsp3) is 0.474. The Morgan fingerprint density at radius 2 is 2.29 bits per heavy atom. The molecule has 3 rings (SSSR count). The van der Waals surface area contributed by atoms with Crippen molar-refractivity contribution in [3.05, 3.63) is 57.4 Å². The second-order valence-corrected chi connectivity index (χ2v) is 7.36. The molecule has 150 valence electrons. The minimum atomic E-state index is -0.816. The Balaban J connectivity index is 1.69. The highest BCUT2D eigenvalue weighted by molar-refractivity contribution is 5.94. The first-order valence-corrected chi connectivity index (χ1v) is 9.26. The number of aromatic nitrogens is 2. The average molecular weight is 387 g/mol. The van der Waals surface area contributed by atoms with Gasteiger partial charge in [0.1, 0.15) is 0 Å². The van der Waals surface area contributed by atoms with E-state index in [1.807, 2.05) is 0 Å². The van der Waals surface area contributed by atoms with E-state index < -0.39 is 11.0 Å². The van der Waals surface area contributed by atoms with Gasteiger partial charge in [-0.25, -0.2) is 0 Å². The third-order valence-electron chi connectivity index (χ3n) is 5.12. The number of H-pyrrole nitrogens is 1. The highest BCUT2D eigenvalue weighted by Crippen LogP contribution is 2.29. The van der Waals surface area contributed by atoms with Crippen LogP contribution in [0.15, 0.2) is 30.5 Å². The molecule has 28 heavy (non-hydrogen) atoms. The lowest BCUT2D eigenvalue weighted by atomic mass is 9.92. The number of β-amino-alcohol motifs (C(OH)–C–C–N with tert-alkyl or cyclic N) is 1. The van der Waals surface area contributed by atoms with Crippen molar-refractivity contribution in [1.82, 2.24) is 20.0 Å². The molecule has 1 saturated heterocycles. The van der Waals surface area contributed by atoms with Crippen LogP contribution in [-0.4, -0.2) is 69.7 Å². The number of likely N-dealkylation sites (tertiary alicyclic amines) is 1. The van der Waals surface area contributed by atoms with Crippen molar-refractivity contribution in [1.29, 1.82) is 0 Å². The van der Waals surface area contributed by atoms with E-state index in [1.54, 1.807) is 32.4 Å². The van der Waals surface area contributed by atoms with Crippen molar-refractivity contribution in [3.8, 4) is 0 Å². The summed E-state index contributed by atoms with van der Waals surface area (Å²) >= 11 is 0. The zero-order valence-corrected chi connectivity index (χ0v) is 16.0. The van der Waals surface area contributed by atoms with Crippen molar-refractivity contribution in [3.63, 3.8) is 0 Å². The van der Waals surface area contributed by atoms with Crippen LogP contribution in [-0.2, 0) is 0 Å². The Kier molecular flexibility index (Phi) is 6.05. The molecule has 1 aliphatic rings. The van der Waals surface area contributed by atoms with Crippen LogP contribution >= 0.6 is 0 Å². The summed E-state index contributed by atoms with van der Waals surface area (Å²) in [6, 6.07) is 6.10. The Labute approximate surface area is 163 Å². The second-order valence-electron chi connectivity index (χ2n) is 7.36. The number of nitrogens with one attached hydrogen (secondary N) is 1. The molecule has 0 saturated carbocycles. The lowest BCUT2D eigenvalue weighted by Gasteiger charge is -2.34. The van der Waals surface area contributed by atoms with Gasteiger partial charge in [-0.05, 0) is 24.9 Å². The summed E-state index contributed by atoms with van der Waals surface area (Å²) in [6.07, 6.45) is 2.61. The molecule has 1 aromatic heterocycles. The molecule has 1 fully saturated rings. The number of amides is 1. The number of aliphatic hydroxyl groups is 1. The van der Waals surface area contributed by atoms with Gasteiger partial charge >= 0.3 is 0 Å². The number of nitrogens with zero attached hydrogens (tertiary/aromatic N) is 4. The number of carbonyl (C=O) groups excluding carboxylic acids is 1. The van der Waals surface area contributed by atoms with Crippen LogP contribution in [0.3, 0.4) is 0 Å². The maximum atomic E-state index is 12.4. The molecular formula is C19H25N5O4. The van der Waals surface area contributed by atoms with Crippen LogP contribution in [0.5, 0.6) is 0 Å². The van der Waals surface area contributed by atoms with Gasteiger partial charge in [-0.1, -0.05) is 12.1 Å². The van der Waals surface area contributed by atoms with Gasteiger partial charge in [-0.3, -0.25) is 24.9 Å². The average Bonchev–Trinajstić information content (AvgIpc) is 3.17. The molecule has 1 amide bonds. The number of nitro benzene ring substituents is 1. The monoisotopic (exact) mass is 387 g/mol. The smallest absolute Gasteiger partial charge is 0.269 e. The minimum absolute atomic E-state index is 0.0302. The molecule has 1 aliphatic heterocycles. The lowest BCUT2D eigenvalue weighted by molar-refractivity contribution is -0.385. The van der Waals surface area contributed by atoms with Crippen molar-refractivity contribution >= 4 is 11.6 Å². The first-order valence-electron chi connectivity index (χ1n) is 9.26. The van der Waals surface area contributed by atoms with E-state index in [9.17, 15) is 20.0 Å². The molecule has 0 bridgehead atoms. The van der Waals surface area contributed by atoms with Crippen LogP contribution in [0.4, 0.5) is 5.69 Å². The van der Waals surface area contributed by atoms with E-state index in [1.165, 1.54) is 17.0 Å². The molecule has 0 unspecified atom stereocenters. The third-order valence-corrected chi connectivity index (χ3v) is 5.12. The summed E-state index contributed by atoms with van der Waals surface area (Å²) in [4.78, 5) is 26.5. The van der Waals surface area contributed by atoms with Crippen LogP contribution in [0.1, 0.15) is 46.5 Å². The number of hydrogen-bond donors (Lipinski definition) is 2. The fourth-order valence-electron chi connectivity index (χ4n) is 3.67. The zero-order valence-electron chi connectivity index (χ0n) is 16.0. The standard InChI is InChI=1S/C19H25N5O4/c1-22(2)19(26)16-10-20-21-18(16)14-6-4-8-23(11-14)12-17(25)13-5-3-7-15(9-13)24(27)28/h3,5,7,9-10,14,17,25H,4,6,8,11-12H2,1-2H3,(H,20,21)/t14-,17-/m1/s1. The molecule has 0 aliphatic carbocycles. The van der Waals surface area contributed by atoms with E-state index in [-0.39, 0.29) is 17.5 Å². The zero-order chi connectivity index (χ0) is 20.3. The maximum Gasteiger partial charge on any atom is 0.269 e. The van der Waals surface area contributed by atoms with Crippen molar-refractivity contribution in [2.45, 2.75) is 24.9 Å². The van der Waals surface area contributed by atoms with Crippen LogP contribution < -0.4 is 0 Å². The summed E-state index contributed by atoms with van der Waals surface area (Å²) in [6.45, 7) is 1.89. The van der Waals surface area contributed by atoms with Gasteiger partial charge in [0.25, 0.3) is 11.6 Å². The number of carbonyl (C=O) groups is 1. The Morgan fingerprint density at radius 1 is 1.50 bits per heavy atom. The largest absolute Gasteiger partial charge is 0.387 e. The predicted octanol–water partition coefficient (Wildman–Crippen LogP) is 1.93. The minimum Gasteiger partial charge on any atom is -0.387 e. The number of aliphatic hydroxyl groups excluding tert-OH is 1. The van der Waals surface area contributed by atoms with E-state index in [0.29, 0.717) is 24.2 Å². The molecular weight excluding hydrogens is 362 g/mol. The third kappa shape index (κ3) is 4.37. The van der Waals surface area contributed by atoms with Crippen molar-refractivity contribution in [2.24, 2.45) is 0 Å². The summed E-state index contributed by atoms with van der Waals surface area (Å²) in [5, 5.41) is 28.5. The molecule has 2 N–H and O–H groups in total. The second kappa shape index (κ2) is 8.49. The van der Waals surface area contributed by atoms with Gasteiger partial charge in [0.2, 0.25) is 0 Å². The lowest BCUT2D eigenvalue weighted by Crippen LogP contribution is -2.38. The number of nitro groups is 1. The van der Waals surface area contributed by atoms with E-state index in [0.717, 1.165) is 25.1 Å². The number of hydrogen-bond acceptors (Lipinski definition) is 6. The van der Waals surface area contributed by atoms with Gasteiger partial charge in [-0.15, -0.1) is 0 Å².